The summed E-state index contributed by atoms with van der Waals surface area (Å²) in [5.41, 5.74) is -0.814. The van der Waals surface area contributed by atoms with Crippen molar-refractivity contribution in [2.45, 2.75) is 38.5 Å². The van der Waals surface area contributed by atoms with Crippen molar-refractivity contribution in [3.63, 3.8) is 0 Å². The zero-order chi connectivity index (χ0) is 21.1. The Morgan fingerprint density at radius 3 is 2.28 bits per heavy atom. The summed E-state index contributed by atoms with van der Waals surface area (Å²) >= 11 is 0. The van der Waals surface area contributed by atoms with E-state index in [4.69, 9.17) is 0 Å². The molecule has 0 bridgehead atoms. The number of hydrogen-bond acceptors (Lipinski definition) is 0. The Hall–Kier alpha value is -2.43. The van der Waals surface area contributed by atoms with Crippen LogP contribution in [0.5, 0.6) is 0 Å². The van der Waals surface area contributed by atoms with E-state index in [0.29, 0.717) is 18.8 Å². The molecule has 5 heteroatoms. The van der Waals surface area contributed by atoms with Crippen molar-refractivity contribution in [3.8, 4) is 0 Å². The lowest BCUT2D eigenvalue weighted by atomic mass is 9.79. The molecule has 0 radical (unpaired) electrons. The van der Waals surface area contributed by atoms with Crippen LogP contribution in [0, 0.1) is 29.3 Å². The lowest BCUT2D eigenvalue weighted by Gasteiger charge is -2.27. The SMILES string of the molecule is C=CCCC1CCC(C(F)=C(F)c2ccc3cc(C=C)c(F)c(F)c3c2F)CC1. The Morgan fingerprint density at radius 1 is 0.966 bits per heavy atom. The van der Waals surface area contributed by atoms with Gasteiger partial charge in [-0.3, -0.25) is 0 Å². The van der Waals surface area contributed by atoms with Gasteiger partial charge in [0.15, 0.2) is 17.5 Å². The van der Waals surface area contributed by atoms with Gasteiger partial charge in [-0.15, -0.1) is 6.58 Å². The number of halogens is 5. The molecule has 2 aromatic rings. The zero-order valence-electron chi connectivity index (χ0n) is 16.1. The van der Waals surface area contributed by atoms with Gasteiger partial charge in [0.25, 0.3) is 0 Å². The third kappa shape index (κ3) is 4.14. The summed E-state index contributed by atoms with van der Waals surface area (Å²) in [4.78, 5) is 0. The normalized spacial score (nSPS) is 20.4. The summed E-state index contributed by atoms with van der Waals surface area (Å²) in [5.74, 6) is -6.55. The van der Waals surface area contributed by atoms with E-state index in [-0.39, 0.29) is 10.9 Å². The molecule has 0 nitrogen and oxygen atoms in total. The van der Waals surface area contributed by atoms with Gasteiger partial charge in [0, 0.05) is 17.0 Å². The third-order valence-corrected chi connectivity index (χ3v) is 5.80. The fourth-order valence-corrected chi connectivity index (χ4v) is 4.09. The summed E-state index contributed by atoms with van der Waals surface area (Å²) in [6.45, 7) is 7.07. The van der Waals surface area contributed by atoms with E-state index in [1.54, 1.807) is 0 Å². The van der Waals surface area contributed by atoms with Crippen molar-refractivity contribution in [1.29, 1.82) is 0 Å². The van der Waals surface area contributed by atoms with E-state index in [1.807, 2.05) is 6.08 Å². The molecule has 0 saturated heterocycles. The van der Waals surface area contributed by atoms with Crippen LogP contribution in [0.1, 0.15) is 49.7 Å². The molecule has 0 aromatic heterocycles. The first-order valence-corrected chi connectivity index (χ1v) is 9.78. The summed E-state index contributed by atoms with van der Waals surface area (Å²) in [6.07, 6.45) is 7.29. The highest BCUT2D eigenvalue weighted by Crippen LogP contribution is 2.40. The highest BCUT2D eigenvalue weighted by atomic mass is 19.2. The molecular formula is C24H23F5. The topological polar surface area (TPSA) is 0 Å². The minimum Gasteiger partial charge on any atom is -0.208 e. The van der Waals surface area contributed by atoms with Crippen molar-refractivity contribution < 1.29 is 22.0 Å². The Bertz CT molecular complexity index is 965. The Balaban J connectivity index is 1.93. The van der Waals surface area contributed by atoms with Crippen molar-refractivity contribution in [2.75, 3.05) is 0 Å². The second-order valence-corrected chi connectivity index (χ2v) is 7.57. The lowest BCUT2D eigenvalue weighted by Crippen LogP contribution is -2.15. The highest BCUT2D eigenvalue weighted by Gasteiger charge is 2.28. The number of rotatable bonds is 6. The fourth-order valence-electron chi connectivity index (χ4n) is 4.09. The largest absolute Gasteiger partial charge is 0.208 e. The predicted octanol–water partition coefficient (Wildman–Crippen LogP) is 8.28. The van der Waals surface area contributed by atoms with Crippen LogP contribution in [0.3, 0.4) is 0 Å². The quantitative estimate of drug-likeness (QED) is 0.334. The zero-order valence-corrected chi connectivity index (χ0v) is 16.1. The summed E-state index contributed by atoms with van der Waals surface area (Å²) in [5, 5.41) is -0.641. The van der Waals surface area contributed by atoms with Crippen LogP contribution in [0.2, 0.25) is 0 Å². The fraction of sp³-hybridized carbons (Fsp3) is 0.333. The summed E-state index contributed by atoms with van der Waals surface area (Å²) in [6, 6.07) is 3.53. The van der Waals surface area contributed by atoms with Crippen LogP contribution in [0.4, 0.5) is 22.0 Å². The molecule has 0 unspecified atom stereocenters. The van der Waals surface area contributed by atoms with E-state index >= 15 is 0 Å². The Labute approximate surface area is 167 Å². The molecule has 29 heavy (non-hydrogen) atoms. The summed E-state index contributed by atoms with van der Waals surface area (Å²) in [7, 11) is 0. The maximum Gasteiger partial charge on any atom is 0.170 e. The molecule has 2 aromatic carbocycles. The molecule has 0 N–H and O–H groups in total. The van der Waals surface area contributed by atoms with Crippen LogP contribution in [-0.4, -0.2) is 0 Å². The molecular weight excluding hydrogens is 383 g/mol. The smallest absolute Gasteiger partial charge is 0.170 e. The van der Waals surface area contributed by atoms with Crippen LogP contribution in [0.25, 0.3) is 22.7 Å². The van der Waals surface area contributed by atoms with E-state index in [0.717, 1.165) is 37.8 Å². The van der Waals surface area contributed by atoms with Gasteiger partial charge in [0.1, 0.15) is 11.6 Å². The number of allylic oxidation sites excluding steroid dienone is 2. The summed E-state index contributed by atoms with van der Waals surface area (Å²) < 4.78 is 72.8. The maximum atomic E-state index is 14.8. The first-order valence-electron chi connectivity index (χ1n) is 9.78. The van der Waals surface area contributed by atoms with Crippen molar-refractivity contribution >= 4 is 22.7 Å². The van der Waals surface area contributed by atoms with Crippen molar-refractivity contribution in [3.05, 3.63) is 71.8 Å². The van der Waals surface area contributed by atoms with Gasteiger partial charge in [-0.25, -0.2) is 22.0 Å². The Morgan fingerprint density at radius 2 is 1.66 bits per heavy atom. The van der Waals surface area contributed by atoms with Crippen molar-refractivity contribution in [1.82, 2.24) is 0 Å². The molecule has 0 heterocycles. The molecule has 154 valence electrons. The molecule has 0 atom stereocenters. The van der Waals surface area contributed by atoms with Gasteiger partial charge >= 0.3 is 0 Å². The number of benzene rings is 2. The minimum atomic E-state index is -1.44. The van der Waals surface area contributed by atoms with Gasteiger partial charge in [0.2, 0.25) is 0 Å². The van der Waals surface area contributed by atoms with Crippen LogP contribution < -0.4 is 0 Å². The van der Waals surface area contributed by atoms with Gasteiger partial charge in [-0.05, 0) is 62.0 Å². The monoisotopic (exact) mass is 406 g/mol. The van der Waals surface area contributed by atoms with Gasteiger partial charge in [-0.2, -0.15) is 0 Å². The molecule has 1 aliphatic carbocycles. The molecule has 0 aliphatic heterocycles. The van der Waals surface area contributed by atoms with Gasteiger partial charge in [0.05, 0.1) is 5.39 Å². The molecule has 1 fully saturated rings. The average molecular weight is 406 g/mol. The number of hydrogen-bond donors (Lipinski definition) is 0. The van der Waals surface area contributed by atoms with E-state index in [1.165, 1.54) is 12.1 Å². The predicted molar refractivity (Wildman–Crippen MR) is 108 cm³/mol. The molecule has 0 amide bonds. The minimum absolute atomic E-state index is 0.0518. The lowest BCUT2D eigenvalue weighted by molar-refractivity contribution is 0.263. The molecule has 0 spiro atoms. The third-order valence-electron chi connectivity index (χ3n) is 5.80. The molecule has 1 aliphatic rings. The van der Waals surface area contributed by atoms with Crippen molar-refractivity contribution in [2.24, 2.45) is 11.8 Å². The van der Waals surface area contributed by atoms with E-state index in [2.05, 4.69) is 13.2 Å². The second kappa shape index (κ2) is 8.93. The Kier molecular flexibility index (Phi) is 6.56. The molecule has 3 rings (SSSR count). The highest BCUT2D eigenvalue weighted by molar-refractivity contribution is 5.89. The first kappa shape index (κ1) is 21.3. The van der Waals surface area contributed by atoms with E-state index in [9.17, 15) is 22.0 Å². The van der Waals surface area contributed by atoms with Gasteiger partial charge < -0.3 is 0 Å². The van der Waals surface area contributed by atoms with E-state index < -0.39 is 46.0 Å². The van der Waals surface area contributed by atoms with Crippen LogP contribution >= 0.6 is 0 Å². The number of fused-ring (bicyclic) bond motifs is 1. The van der Waals surface area contributed by atoms with Crippen LogP contribution in [0.15, 0.2) is 43.3 Å². The second-order valence-electron chi connectivity index (χ2n) is 7.57. The molecule has 1 saturated carbocycles. The first-order chi connectivity index (χ1) is 13.9. The average Bonchev–Trinajstić information content (AvgIpc) is 2.74. The standard InChI is InChI=1S/C24H23F5/c1-3-5-6-14-7-9-16(10-8-14)21(26)23(28)18-12-11-17-13-15(4-2)20(25)24(29)19(17)22(18)27/h3-4,11-14,16H,1-2,5-10H2. The van der Waals surface area contributed by atoms with Gasteiger partial charge in [-0.1, -0.05) is 24.8 Å². The maximum absolute atomic E-state index is 14.8. The van der Waals surface area contributed by atoms with Crippen LogP contribution in [-0.2, 0) is 0 Å².